The molecule has 0 bridgehead atoms. The number of nitrogens with one attached hydrogen (secondary N) is 1. The lowest BCUT2D eigenvalue weighted by Crippen LogP contribution is -2.37. The maximum absolute atomic E-state index is 12.1. The number of aliphatic hydroxyl groups is 1. The van der Waals surface area contributed by atoms with Crippen molar-refractivity contribution >= 4 is 23.6 Å². The van der Waals surface area contributed by atoms with Crippen LogP contribution in [0.2, 0.25) is 5.02 Å². The molecule has 0 saturated heterocycles. The molecule has 1 aromatic carbocycles. The average molecular weight is 296 g/mol. The van der Waals surface area contributed by atoms with E-state index in [9.17, 15) is 9.90 Å². The van der Waals surface area contributed by atoms with Crippen molar-refractivity contribution in [1.29, 1.82) is 0 Å². The van der Waals surface area contributed by atoms with Crippen molar-refractivity contribution in [3.63, 3.8) is 0 Å². The highest BCUT2D eigenvalue weighted by molar-refractivity contribution is 6.30. The first-order valence-corrected chi connectivity index (χ1v) is 6.81. The number of hydrogen-bond acceptors (Lipinski definition) is 3. The van der Waals surface area contributed by atoms with Crippen LogP contribution in [-0.2, 0) is 4.79 Å². The van der Waals surface area contributed by atoms with Crippen molar-refractivity contribution in [2.75, 3.05) is 19.8 Å². The largest absolute Gasteiger partial charge is 0.488 e. The van der Waals surface area contributed by atoms with Crippen LogP contribution in [0.15, 0.2) is 23.8 Å². The van der Waals surface area contributed by atoms with E-state index < -0.39 is 0 Å². The Labute approximate surface area is 123 Å². The summed E-state index contributed by atoms with van der Waals surface area (Å²) in [6.07, 6.45) is 1.78. The molecule has 0 aromatic heterocycles. The molecule has 20 heavy (non-hydrogen) atoms. The fraction of sp³-hybridized carbons (Fsp3) is 0.400. The van der Waals surface area contributed by atoms with Crippen molar-refractivity contribution in [3.05, 3.63) is 34.4 Å². The van der Waals surface area contributed by atoms with E-state index in [1.54, 1.807) is 24.3 Å². The Hall–Kier alpha value is -1.52. The molecule has 0 unspecified atom stereocenters. The first-order chi connectivity index (χ1) is 9.41. The monoisotopic (exact) mass is 295 g/mol. The molecule has 0 fully saturated rings. The van der Waals surface area contributed by atoms with Crippen LogP contribution in [0, 0.1) is 5.41 Å². The van der Waals surface area contributed by atoms with Crippen LogP contribution in [0.25, 0.3) is 6.08 Å². The van der Waals surface area contributed by atoms with E-state index in [4.69, 9.17) is 16.3 Å². The van der Waals surface area contributed by atoms with Gasteiger partial charge in [-0.2, -0.15) is 0 Å². The maximum atomic E-state index is 12.1. The van der Waals surface area contributed by atoms with E-state index in [0.717, 1.165) is 11.3 Å². The predicted octanol–water partition coefficient (Wildman–Crippen LogP) is 2.25. The number of aliphatic hydroxyl groups excluding tert-OH is 1. The minimum atomic E-state index is -0.340. The van der Waals surface area contributed by atoms with Gasteiger partial charge in [0, 0.05) is 29.2 Å². The second kappa shape index (κ2) is 5.85. The van der Waals surface area contributed by atoms with E-state index >= 15 is 0 Å². The average Bonchev–Trinajstić information content (AvgIpc) is 2.44. The molecule has 1 heterocycles. The van der Waals surface area contributed by atoms with Gasteiger partial charge in [0.05, 0.1) is 5.57 Å². The number of benzene rings is 1. The lowest BCUT2D eigenvalue weighted by molar-refractivity contribution is -0.118. The fourth-order valence-electron chi connectivity index (χ4n) is 1.77. The summed E-state index contributed by atoms with van der Waals surface area (Å²) in [6, 6.07) is 5.31. The molecule has 0 aliphatic carbocycles. The summed E-state index contributed by atoms with van der Waals surface area (Å²) in [6.45, 7) is 4.42. The summed E-state index contributed by atoms with van der Waals surface area (Å²) in [5.74, 6) is 0.541. The molecule has 4 nitrogen and oxygen atoms in total. The summed E-state index contributed by atoms with van der Waals surface area (Å²) in [5, 5.41) is 12.6. The molecule has 0 saturated carbocycles. The van der Waals surface area contributed by atoms with E-state index in [1.165, 1.54) is 0 Å². The van der Waals surface area contributed by atoms with Crippen molar-refractivity contribution in [1.82, 2.24) is 5.32 Å². The second-order valence-corrected chi connectivity index (χ2v) is 6.08. The number of ether oxygens (including phenoxy) is 1. The van der Waals surface area contributed by atoms with Crippen LogP contribution >= 0.6 is 11.6 Å². The zero-order valence-corrected chi connectivity index (χ0v) is 12.3. The number of halogens is 1. The number of carbonyl (C=O) groups is 1. The van der Waals surface area contributed by atoms with Crippen molar-refractivity contribution < 1.29 is 14.6 Å². The predicted molar refractivity (Wildman–Crippen MR) is 78.8 cm³/mol. The van der Waals surface area contributed by atoms with E-state index in [0.29, 0.717) is 17.1 Å². The molecule has 0 atom stereocenters. The Kier molecular flexibility index (Phi) is 4.35. The third kappa shape index (κ3) is 3.52. The lowest BCUT2D eigenvalue weighted by Gasteiger charge is -2.23. The summed E-state index contributed by atoms with van der Waals surface area (Å²) in [5.41, 5.74) is 1.01. The Bertz CT molecular complexity index is 552. The van der Waals surface area contributed by atoms with Gasteiger partial charge in [-0.15, -0.1) is 0 Å². The Morgan fingerprint density at radius 1 is 1.50 bits per heavy atom. The van der Waals surface area contributed by atoms with Crippen LogP contribution in [0.4, 0.5) is 0 Å². The van der Waals surface area contributed by atoms with Gasteiger partial charge in [0.25, 0.3) is 5.91 Å². The number of carbonyl (C=O) groups excluding carboxylic acids is 1. The zero-order valence-electron chi connectivity index (χ0n) is 11.6. The highest BCUT2D eigenvalue weighted by atomic mass is 35.5. The van der Waals surface area contributed by atoms with Crippen LogP contribution in [0.5, 0.6) is 5.75 Å². The Morgan fingerprint density at radius 3 is 2.95 bits per heavy atom. The number of rotatable bonds is 4. The summed E-state index contributed by atoms with van der Waals surface area (Å²) < 4.78 is 5.53. The minimum absolute atomic E-state index is 0.0151. The smallest absolute Gasteiger partial charge is 0.250 e. The topological polar surface area (TPSA) is 58.6 Å². The summed E-state index contributed by atoms with van der Waals surface area (Å²) in [4.78, 5) is 12.1. The molecule has 1 amide bonds. The zero-order chi connectivity index (χ0) is 14.8. The quantitative estimate of drug-likeness (QED) is 0.896. The molecule has 0 radical (unpaired) electrons. The van der Waals surface area contributed by atoms with Crippen LogP contribution in [0.1, 0.15) is 19.4 Å². The fourth-order valence-corrected chi connectivity index (χ4v) is 1.95. The van der Waals surface area contributed by atoms with E-state index in [1.807, 2.05) is 13.8 Å². The highest BCUT2D eigenvalue weighted by Gasteiger charge is 2.21. The highest BCUT2D eigenvalue weighted by Crippen LogP contribution is 2.29. The molecule has 1 aromatic rings. The van der Waals surface area contributed by atoms with Gasteiger partial charge in [-0.3, -0.25) is 4.79 Å². The van der Waals surface area contributed by atoms with Crippen LogP contribution in [-0.4, -0.2) is 30.8 Å². The molecule has 108 valence electrons. The van der Waals surface area contributed by atoms with Gasteiger partial charge in [0.2, 0.25) is 0 Å². The molecule has 1 aliphatic heterocycles. The van der Waals surface area contributed by atoms with Gasteiger partial charge >= 0.3 is 0 Å². The van der Waals surface area contributed by atoms with Gasteiger partial charge in [-0.05, 0) is 24.3 Å². The van der Waals surface area contributed by atoms with Gasteiger partial charge < -0.3 is 15.2 Å². The number of hydrogen-bond donors (Lipinski definition) is 2. The third-order valence-electron chi connectivity index (χ3n) is 3.13. The van der Waals surface area contributed by atoms with Crippen molar-refractivity contribution in [2.24, 2.45) is 5.41 Å². The van der Waals surface area contributed by atoms with Crippen LogP contribution < -0.4 is 10.1 Å². The summed E-state index contributed by atoms with van der Waals surface area (Å²) in [7, 11) is 0. The van der Waals surface area contributed by atoms with Gasteiger partial charge in [0.1, 0.15) is 12.4 Å². The molecule has 2 N–H and O–H groups in total. The minimum Gasteiger partial charge on any atom is -0.488 e. The second-order valence-electron chi connectivity index (χ2n) is 5.65. The SMILES string of the molecule is CC(C)(CO)CNC(=O)C1=Cc2cc(Cl)ccc2OC1. The molecular formula is C15H18ClNO3. The molecule has 2 rings (SSSR count). The summed E-state index contributed by atoms with van der Waals surface area (Å²) >= 11 is 5.93. The number of fused-ring (bicyclic) bond motifs is 1. The molecule has 5 heteroatoms. The van der Waals surface area contributed by atoms with Gasteiger partial charge in [-0.1, -0.05) is 25.4 Å². The van der Waals surface area contributed by atoms with Crippen LogP contribution in [0.3, 0.4) is 0 Å². The standard InChI is InChI=1S/C15H18ClNO3/c1-15(2,9-18)8-17-14(19)11-5-10-6-12(16)3-4-13(10)20-7-11/h3-6,18H,7-9H2,1-2H3,(H,17,19). The maximum Gasteiger partial charge on any atom is 0.250 e. The lowest BCUT2D eigenvalue weighted by atomic mass is 9.95. The van der Waals surface area contributed by atoms with Crippen molar-refractivity contribution in [3.8, 4) is 5.75 Å². The van der Waals surface area contributed by atoms with E-state index in [-0.39, 0.29) is 24.5 Å². The van der Waals surface area contributed by atoms with Gasteiger partial charge in [0.15, 0.2) is 0 Å². The molecule has 0 spiro atoms. The third-order valence-corrected chi connectivity index (χ3v) is 3.37. The number of amides is 1. The van der Waals surface area contributed by atoms with E-state index in [2.05, 4.69) is 5.32 Å². The Morgan fingerprint density at radius 2 is 2.25 bits per heavy atom. The van der Waals surface area contributed by atoms with Gasteiger partial charge in [-0.25, -0.2) is 0 Å². The Balaban J connectivity index is 2.08. The molecular weight excluding hydrogens is 278 g/mol. The van der Waals surface area contributed by atoms with Crippen molar-refractivity contribution in [2.45, 2.75) is 13.8 Å². The first-order valence-electron chi connectivity index (χ1n) is 6.43. The molecule has 1 aliphatic rings. The normalized spacial score (nSPS) is 14.1. The first kappa shape index (κ1) is 14.9.